The maximum absolute atomic E-state index is 13.0. The van der Waals surface area contributed by atoms with Crippen molar-refractivity contribution in [2.75, 3.05) is 38.0 Å². The maximum Gasteiger partial charge on any atom is 0.244 e. The maximum atomic E-state index is 13.0. The molecule has 1 aliphatic rings. The molecule has 1 amide bonds. The Morgan fingerprint density at radius 1 is 1.03 bits per heavy atom. The van der Waals surface area contributed by atoms with Gasteiger partial charge in [0, 0.05) is 60.0 Å². The number of carbonyl (C=O) groups excluding carboxylic acids is 1. The summed E-state index contributed by atoms with van der Waals surface area (Å²) in [5.74, 6) is -0.0317. The molecule has 1 fully saturated rings. The van der Waals surface area contributed by atoms with Gasteiger partial charge in [0.1, 0.15) is 0 Å². The van der Waals surface area contributed by atoms with Gasteiger partial charge in [-0.3, -0.25) is 4.79 Å². The van der Waals surface area contributed by atoms with E-state index in [-0.39, 0.29) is 5.91 Å². The van der Waals surface area contributed by atoms with Crippen molar-refractivity contribution < 1.29 is 13.2 Å². The lowest BCUT2D eigenvalue weighted by atomic mass is 10.1. The minimum atomic E-state index is -3.45. The highest BCUT2D eigenvalue weighted by Crippen LogP contribution is 2.28. The van der Waals surface area contributed by atoms with Gasteiger partial charge in [-0.2, -0.15) is 4.31 Å². The summed E-state index contributed by atoms with van der Waals surface area (Å²) in [6.07, 6.45) is 0.374. The molecule has 6 nitrogen and oxygen atoms in total. The van der Waals surface area contributed by atoms with E-state index in [4.69, 9.17) is 0 Å². The van der Waals surface area contributed by atoms with Gasteiger partial charge in [-0.1, -0.05) is 36.4 Å². The van der Waals surface area contributed by atoms with Crippen molar-refractivity contribution in [3.63, 3.8) is 0 Å². The van der Waals surface area contributed by atoms with E-state index in [1.165, 1.54) is 11.3 Å². The third kappa shape index (κ3) is 4.82. The number of carbonyl (C=O) groups is 1. The SMILES string of the molecule is Cc1cc(S(=O)(=O)N2CCN(CCC(=O)Nc3cccc4ccccc34)CC2)c(C)s1. The normalized spacial score (nSPS) is 15.9. The molecule has 1 N–H and O–H groups in total. The summed E-state index contributed by atoms with van der Waals surface area (Å²) in [7, 11) is -3.45. The molecule has 2 aromatic carbocycles. The lowest BCUT2D eigenvalue weighted by molar-refractivity contribution is -0.116. The van der Waals surface area contributed by atoms with Gasteiger partial charge in [-0.15, -0.1) is 11.3 Å². The topological polar surface area (TPSA) is 69.7 Å². The van der Waals surface area contributed by atoms with Gasteiger partial charge >= 0.3 is 0 Å². The highest BCUT2D eigenvalue weighted by atomic mass is 32.2. The van der Waals surface area contributed by atoms with Crippen molar-refractivity contribution in [3.05, 3.63) is 58.3 Å². The van der Waals surface area contributed by atoms with Crippen LogP contribution >= 0.6 is 11.3 Å². The standard InChI is InChI=1S/C23H27N3O3S2/c1-17-16-22(18(2)30-17)31(28,29)26-14-12-25(13-15-26)11-10-23(27)24-21-9-5-7-19-6-3-4-8-20(19)21/h3-9,16H,10-15H2,1-2H3,(H,24,27). The fraction of sp³-hybridized carbons (Fsp3) is 0.348. The summed E-state index contributed by atoms with van der Waals surface area (Å²) in [5.41, 5.74) is 0.820. The van der Waals surface area contributed by atoms with Crippen molar-refractivity contribution in [2.24, 2.45) is 0 Å². The van der Waals surface area contributed by atoms with Crippen molar-refractivity contribution >= 4 is 43.7 Å². The first-order chi connectivity index (χ1) is 14.8. The van der Waals surface area contributed by atoms with Crippen LogP contribution in [0.15, 0.2) is 53.4 Å². The predicted molar refractivity (Wildman–Crippen MR) is 126 cm³/mol. The van der Waals surface area contributed by atoms with Gasteiger partial charge in [0.25, 0.3) is 0 Å². The van der Waals surface area contributed by atoms with Crippen molar-refractivity contribution in [3.8, 4) is 0 Å². The molecule has 0 unspecified atom stereocenters. The van der Waals surface area contributed by atoms with Gasteiger partial charge in [0.2, 0.25) is 15.9 Å². The minimum Gasteiger partial charge on any atom is -0.325 e. The number of hydrogen-bond donors (Lipinski definition) is 1. The summed E-state index contributed by atoms with van der Waals surface area (Å²) >= 11 is 1.51. The molecular formula is C23H27N3O3S2. The fourth-order valence-corrected chi connectivity index (χ4v) is 6.95. The average molecular weight is 458 g/mol. The predicted octanol–water partition coefficient (Wildman–Crippen LogP) is 3.85. The smallest absolute Gasteiger partial charge is 0.244 e. The quantitative estimate of drug-likeness (QED) is 0.610. The number of nitrogens with one attached hydrogen (secondary N) is 1. The molecule has 164 valence electrons. The number of benzene rings is 2. The number of thiophene rings is 1. The minimum absolute atomic E-state index is 0.0317. The summed E-state index contributed by atoms with van der Waals surface area (Å²) in [5, 5.41) is 5.13. The second-order valence-electron chi connectivity index (χ2n) is 7.85. The van der Waals surface area contributed by atoms with E-state index in [0.717, 1.165) is 26.2 Å². The summed E-state index contributed by atoms with van der Waals surface area (Å²) in [4.78, 5) is 16.9. The Kier molecular flexibility index (Phi) is 6.43. The molecule has 4 rings (SSSR count). The molecule has 0 bridgehead atoms. The van der Waals surface area contributed by atoms with Crippen LogP contribution in [0.1, 0.15) is 16.2 Å². The molecule has 1 aromatic heterocycles. The zero-order valence-electron chi connectivity index (χ0n) is 17.8. The Balaban J connectivity index is 1.30. The van der Waals surface area contributed by atoms with E-state index in [1.807, 2.05) is 56.3 Å². The molecule has 0 aliphatic carbocycles. The van der Waals surface area contributed by atoms with Gasteiger partial charge < -0.3 is 10.2 Å². The largest absolute Gasteiger partial charge is 0.325 e. The van der Waals surface area contributed by atoms with E-state index in [0.29, 0.717) is 44.0 Å². The Morgan fingerprint density at radius 3 is 2.45 bits per heavy atom. The van der Waals surface area contributed by atoms with Crippen LogP contribution in [0.5, 0.6) is 0 Å². The van der Waals surface area contributed by atoms with Crippen LogP contribution in [0.3, 0.4) is 0 Å². The van der Waals surface area contributed by atoms with Gasteiger partial charge in [-0.25, -0.2) is 8.42 Å². The number of piperazine rings is 1. The Morgan fingerprint density at radius 2 is 1.74 bits per heavy atom. The average Bonchev–Trinajstić information content (AvgIpc) is 3.11. The third-order valence-corrected chi connectivity index (χ3v) is 8.78. The lowest BCUT2D eigenvalue weighted by Gasteiger charge is -2.33. The van der Waals surface area contributed by atoms with Crippen LogP contribution in [-0.2, 0) is 14.8 Å². The zero-order chi connectivity index (χ0) is 22.0. The monoisotopic (exact) mass is 457 g/mol. The van der Waals surface area contributed by atoms with Crippen molar-refractivity contribution in [2.45, 2.75) is 25.2 Å². The highest BCUT2D eigenvalue weighted by Gasteiger charge is 2.30. The van der Waals surface area contributed by atoms with E-state index >= 15 is 0 Å². The first-order valence-corrected chi connectivity index (χ1v) is 12.7. The molecule has 3 aromatic rings. The molecule has 8 heteroatoms. The molecule has 2 heterocycles. The Bertz CT molecular complexity index is 1190. The van der Waals surface area contributed by atoms with E-state index in [9.17, 15) is 13.2 Å². The molecule has 0 spiro atoms. The number of rotatable bonds is 6. The van der Waals surface area contributed by atoms with Crippen LogP contribution < -0.4 is 5.32 Å². The van der Waals surface area contributed by atoms with E-state index in [2.05, 4.69) is 10.2 Å². The zero-order valence-corrected chi connectivity index (χ0v) is 19.4. The van der Waals surface area contributed by atoms with Crippen LogP contribution in [0.25, 0.3) is 10.8 Å². The molecule has 0 radical (unpaired) electrons. The first-order valence-electron chi connectivity index (χ1n) is 10.4. The number of nitrogens with zero attached hydrogens (tertiary/aromatic N) is 2. The number of anilines is 1. The van der Waals surface area contributed by atoms with Crippen molar-refractivity contribution in [1.82, 2.24) is 9.21 Å². The summed E-state index contributed by atoms with van der Waals surface area (Å²) in [6, 6.07) is 15.6. The fourth-order valence-electron chi connectivity index (χ4n) is 4.00. The van der Waals surface area contributed by atoms with Gasteiger partial charge in [0.05, 0.1) is 4.90 Å². The third-order valence-electron chi connectivity index (χ3n) is 5.66. The molecule has 31 heavy (non-hydrogen) atoms. The molecule has 1 saturated heterocycles. The van der Waals surface area contributed by atoms with Gasteiger partial charge in [0.15, 0.2) is 0 Å². The van der Waals surface area contributed by atoms with Gasteiger partial charge in [-0.05, 0) is 31.4 Å². The number of amides is 1. The van der Waals surface area contributed by atoms with Crippen LogP contribution in [0.2, 0.25) is 0 Å². The molecule has 0 atom stereocenters. The van der Waals surface area contributed by atoms with Crippen LogP contribution in [-0.4, -0.2) is 56.3 Å². The van der Waals surface area contributed by atoms with E-state index in [1.54, 1.807) is 10.4 Å². The molecule has 0 saturated carbocycles. The highest BCUT2D eigenvalue weighted by molar-refractivity contribution is 7.89. The van der Waals surface area contributed by atoms with Crippen LogP contribution in [0.4, 0.5) is 5.69 Å². The van der Waals surface area contributed by atoms with Crippen molar-refractivity contribution in [1.29, 1.82) is 0 Å². The number of fused-ring (bicyclic) bond motifs is 1. The van der Waals surface area contributed by atoms with E-state index < -0.39 is 10.0 Å². The Hall–Kier alpha value is -2.26. The molecular weight excluding hydrogens is 430 g/mol. The number of sulfonamides is 1. The molecule has 1 aliphatic heterocycles. The van der Waals surface area contributed by atoms with Crippen LogP contribution in [0, 0.1) is 13.8 Å². The number of aryl methyl sites for hydroxylation is 2. The second kappa shape index (κ2) is 9.08. The summed E-state index contributed by atoms with van der Waals surface area (Å²) in [6.45, 7) is 6.55. The lowest BCUT2D eigenvalue weighted by Crippen LogP contribution is -2.49. The summed E-state index contributed by atoms with van der Waals surface area (Å²) < 4.78 is 27.5. The number of hydrogen-bond acceptors (Lipinski definition) is 5. The Labute approximate surface area is 187 Å². The second-order valence-corrected chi connectivity index (χ2v) is 11.2. The first kappa shape index (κ1) is 22.0.